The maximum atomic E-state index is 11.1. The lowest BCUT2D eigenvalue weighted by Crippen LogP contribution is -2.45. The Bertz CT molecular complexity index is 406. The number of hydrogen-bond donors (Lipinski definition) is 2. The Kier molecular flexibility index (Phi) is 10.5. The Labute approximate surface area is 187 Å². The highest BCUT2D eigenvalue weighted by Gasteiger charge is 2.43. The lowest BCUT2D eigenvalue weighted by atomic mass is 9.62. The highest BCUT2D eigenvalue weighted by molar-refractivity contribution is 4.93. The average Bonchev–Trinajstić information content (AvgIpc) is 2.77. The van der Waals surface area contributed by atoms with Crippen LogP contribution in [0.2, 0.25) is 0 Å². The smallest absolute Gasteiger partial charge is 0.0575 e. The van der Waals surface area contributed by atoms with Crippen LogP contribution in [0.25, 0.3) is 0 Å². The molecule has 4 atom stereocenters. The van der Waals surface area contributed by atoms with Crippen LogP contribution in [0.15, 0.2) is 0 Å². The SMILES string of the molecule is CCCCCC1CCC(C2CC(O)C(C3CCC(CCCCC)CC3)CC2O)CC1. The fourth-order valence-electron chi connectivity index (χ4n) is 7.41. The van der Waals surface area contributed by atoms with Gasteiger partial charge >= 0.3 is 0 Å². The van der Waals surface area contributed by atoms with E-state index in [1.165, 1.54) is 103 Å². The molecule has 0 aromatic carbocycles. The summed E-state index contributed by atoms with van der Waals surface area (Å²) in [5.41, 5.74) is 0. The second-order valence-corrected chi connectivity index (χ2v) is 11.5. The molecule has 0 spiro atoms. The van der Waals surface area contributed by atoms with Gasteiger partial charge in [0.15, 0.2) is 0 Å². The van der Waals surface area contributed by atoms with Gasteiger partial charge in [-0.15, -0.1) is 0 Å². The van der Waals surface area contributed by atoms with Crippen LogP contribution in [0.3, 0.4) is 0 Å². The monoisotopic (exact) mass is 420 g/mol. The van der Waals surface area contributed by atoms with E-state index in [-0.39, 0.29) is 12.2 Å². The summed E-state index contributed by atoms with van der Waals surface area (Å²) < 4.78 is 0. The molecule has 3 fully saturated rings. The number of aliphatic hydroxyl groups excluding tert-OH is 2. The van der Waals surface area contributed by atoms with Gasteiger partial charge in [-0.3, -0.25) is 0 Å². The highest BCUT2D eigenvalue weighted by atomic mass is 16.3. The Balaban J connectivity index is 1.40. The van der Waals surface area contributed by atoms with Gasteiger partial charge in [0.2, 0.25) is 0 Å². The maximum Gasteiger partial charge on any atom is 0.0575 e. The summed E-state index contributed by atoms with van der Waals surface area (Å²) in [7, 11) is 0. The number of aliphatic hydroxyl groups is 2. The van der Waals surface area contributed by atoms with E-state index in [0.717, 1.165) is 24.7 Å². The molecule has 3 aliphatic carbocycles. The molecular weight excluding hydrogens is 368 g/mol. The van der Waals surface area contributed by atoms with E-state index < -0.39 is 0 Å². The molecule has 0 heterocycles. The predicted molar refractivity (Wildman–Crippen MR) is 127 cm³/mol. The highest BCUT2D eigenvalue weighted by Crippen LogP contribution is 2.47. The van der Waals surface area contributed by atoms with Crippen molar-refractivity contribution >= 4 is 0 Å². The first-order valence-corrected chi connectivity index (χ1v) is 14.0. The largest absolute Gasteiger partial charge is 0.393 e. The first kappa shape index (κ1) is 24.6. The molecule has 0 radical (unpaired) electrons. The summed E-state index contributed by atoms with van der Waals surface area (Å²) in [6, 6.07) is 0. The molecule has 2 heteroatoms. The molecule has 0 bridgehead atoms. The minimum absolute atomic E-state index is 0.165. The summed E-state index contributed by atoms with van der Waals surface area (Å²) in [5.74, 6) is 3.90. The van der Waals surface area contributed by atoms with E-state index in [1.807, 2.05) is 0 Å². The van der Waals surface area contributed by atoms with Crippen LogP contribution in [0.1, 0.15) is 129 Å². The minimum atomic E-state index is -0.165. The topological polar surface area (TPSA) is 40.5 Å². The van der Waals surface area contributed by atoms with Crippen LogP contribution in [-0.2, 0) is 0 Å². The standard InChI is InChI=1S/C28H52O2/c1-3-5-7-9-21-11-15-23(16-12-21)25-19-28(30)26(20-27(25)29)24-17-13-22(14-18-24)10-8-6-4-2/h21-30H,3-20H2,1-2H3. The van der Waals surface area contributed by atoms with E-state index in [0.29, 0.717) is 23.7 Å². The predicted octanol–water partition coefficient (Wildman–Crippen LogP) is 7.51. The Morgan fingerprint density at radius 2 is 0.900 bits per heavy atom. The van der Waals surface area contributed by atoms with Gasteiger partial charge in [0.05, 0.1) is 12.2 Å². The Morgan fingerprint density at radius 3 is 1.23 bits per heavy atom. The van der Waals surface area contributed by atoms with Crippen molar-refractivity contribution in [3.05, 3.63) is 0 Å². The quantitative estimate of drug-likeness (QED) is 0.359. The van der Waals surface area contributed by atoms with Crippen LogP contribution < -0.4 is 0 Å². The van der Waals surface area contributed by atoms with Crippen LogP contribution in [0.4, 0.5) is 0 Å². The van der Waals surface area contributed by atoms with E-state index in [2.05, 4.69) is 13.8 Å². The molecular formula is C28H52O2. The first-order chi connectivity index (χ1) is 14.6. The molecule has 30 heavy (non-hydrogen) atoms. The molecule has 3 rings (SSSR count). The van der Waals surface area contributed by atoms with Crippen molar-refractivity contribution < 1.29 is 10.2 Å². The van der Waals surface area contributed by atoms with Crippen LogP contribution in [0, 0.1) is 35.5 Å². The number of hydrogen-bond acceptors (Lipinski definition) is 2. The van der Waals surface area contributed by atoms with E-state index in [9.17, 15) is 10.2 Å². The van der Waals surface area contributed by atoms with Crippen molar-refractivity contribution in [1.29, 1.82) is 0 Å². The van der Waals surface area contributed by atoms with Crippen molar-refractivity contribution in [2.75, 3.05) is 0 Å². The summed E-state index contributed by atoms with van der Waals surface area (Å²) in [6.45, 7) is 4.58. The molecule has 0 aromatic heterocycles. The van der Waals surface area contributed by atoms with Gasteiger partial charge in [-0.05, 0) is 74.0 Å². The number of unbranched alkanes of at least 4 members (excludes halogenated alkanes) is 4. The molecule has 176 valence electrons. The summed E-state index contributed by atoms with van der Waals surface area (Å²) >= 11 is 0. The molecule has 2 N–H and O–H groups in total. The van der Waals surface area contributed by atoms with Gasteiger partial charge in [-0.25, -0.2) is 0 Å². The van der Waals surface area contributed by atoms with Gasteiger partial charge in [0.1, 0.15) is 0 Å². The minimum Gasteiger partial charge on any atom is -0.393 e. The van der Waals surface area contributed by atoms with Gasteiger partial charge in [0.25, 0.3) is 0 Å². The molecule has 3 saturated carbocycles. The van der Waals surface area contributed by atoms with Crippen LogP contribution in [-0.4, -0.2) is 22.4 Å². The zero-order chi connectivity index (χ0) is 21.3. The summed E-state index contributed by atoms with van der Waals surface area (Å²) in [6.07, 6.45) is 23.1. The third kappa shape index (κ3) is 6.96. The van der Waals surface area contributed by atoms with Crippen molar-refractivity contribution in [3.63, 3.8) is 0 Å². The zero-order valence-corrected chi connectivity index (χ0v) is 20.2. The molecule has 0 aliphatic heterocycles. The van der Waals surface area contributed by atoms with Gasteiger partial charge in [-0.2, -0.15) is 0 Å². The molecule has 0 amide bonds. The van der Waals surface area contributed by atoms with Crippen molar-refractivity contribution in [1.82, 2.24) is 0 Å². The van der Waals surface area contributed by atoms with Crippen molar-refractivity contribution in [3.8, 4) is 0 Å². The molecule has 3 aliphatic rings. The summed E-state index contributed by atoms with van der Waals surface area (Å²) in [4.78, 5) is 0. The third-order valence-electron chi connectivity index (χ3n) is 9.44. The lowest BCUT2D eigenvalue weighted by molar-refractivity contribution is -0.0799. The molecule has 0 saturated heterocycles. The molecule has 4 unspecified atom stereocenters. The molecule has 2 nitrogen and oxygen atoms in total. The van der Waals surface area contributed by atoms with E-state index in [4.69, 9.17) is 0 Å². The fourth-order valence-corrected chi connectivity index (χ4v) is 7.41. The average molecular weight is 421 g/mol. The van der Waals surface area contributed by atoms with Crippen molar-refractivity contribution in [2.45, 2.75) is 142 Å². The van der Waals surface area contributed by atoms with Crippen LogP contribution >= 0.6 is 0 Å². The van der Waals surface area contributed by atoms with E-state index >= 15 is 0 Å². The van der Waals surface area contributed by atoms with Gasteiger partial charge < -0.3 is 10.2 Å². The van der Waals surface area contributed by atoms with Crippen LogP contribution in [0.5, 0.6) is 0 Å². The van der Waals surface area contributed by atoms with Crippen molar-refractivity contribution in [2.24, 2.45) is 35.5 Å². The third-order valence-corrected chi connectivity index (χ3v) is 9.44. The van der Waals surface area contributed by atoms with Gasteiger partial charge in [-0.1, -0.05) is 90.9 Å². The Morgan fingerprint density at radius 1 is 0.533 bits per heavy atom. The summed E-state index contributed by atoms with van der Waals surface area (Å²) in [5, 5.41) is 22.1. The van der Waals surface area contributed by atoms with Gasteiger partial charge in [0, 0.05) is 0 Å². The lowest BCUT2D eigenvalue weighted by Gasteiger charge is -2.46. The second kappa shape index (κ2) is 12.8. The Hall–Kier alpha value is -0.0800. The number of rotatable bonds is 10. The van der Waals surface area contributed by atoms with E-state index in [1.54, 1.807) is 0 Å². The fraction of sp³-hybridized carbons (Fsp3) is 1.00. The maximum absolute atomic E-state index is 11.1. The normalized spacial score (nSPS) is 40.4. The zero-order valence-electron chi connectivity index (χ0n) is 20.2. The molecule has 0 aromatic rings. The second-order valence-electron chi connectivity index (χ2n) is 11.5. The first-order valence-electron chi connectivity index (χ1n) is 14.0.